The Morgan fingerprint density at radius 2 is 1.83 bits per heavy atom. The van der Waals surface area contributed by atoms with Crippen molar-refractivity contribution in [3.8, 4) is 17.2 Å². The van der Waals surface area contributed by atoms with Crippen molar-refractivity contribution in [3.05, 3.63) is 66.0 Å². The van der Waals surface area contributed by atoms with E-state index in [1.54, 1.807) is 20.4 Å². The van der Waals surface area contributed by atoms with Gasteiger partial charge in [0.25, 0.3) is 0 Å². The van der Waals surface area contributed by atoms with Crippen LogP contribution < -0.4 is 14.8 Å². The number of hydrogen-bond acceptors (Lipinski definition) is 5. The minimum absolute atomic E-state index is 0.0560. The smallest absolute Gasteiger partial charge is 0.230 e. The average Bonchev–Trinajstić information content (AvgIpc) is 3.24. The van der Waals surface area contributed by atoms with E-state index >= 15 is 0 Å². The molecule has 0 radical (unpaired) electrons. The molecule has 2 aromatic carbocycles. The van der Waals surface area contributed by atoms with Crippen molar-refractivity contribution < 1.29 is 14.3 Å². The lowest BCUT2D eigenvalue weighted by atomic mass is 10.0. The van der Waals surface area contributed by atoms with E-state index in [9.17, 15) is 4.79 Å². The standard InChI is InChI=1S/C23H27N3O3S/c1-16(2)18-6-8-19(9-7-18)26-12-11-24-23(26)30-15-22(27)25-14-17-5-10-20(28-3)21(13-17)29-4/h5-13,16H,14-15H2,1-4H3,(H,25,27). The number of nitrogens with zero attached hydrogens (tertiary/aromatic N) is 2. The van der Waals surface area contributed by atoms with E-state index in [1.807, 2.05) is 29.0 Å². The second-order valence-electron chi connectivity index (χ2n) is 7.08. The molecule has 158 valence electrons. The molecule has 1 heterocycles. The van der Waals surface area contributed by atoms with E-state index in [1.165, 1.54) is 17.3 Å². The molecule has 1 amide bonds. The van der Waals surface area contributed by atoms with E-state index in [0.717, 1.165) is 16.4 Å². The number of ether oxygens (including phenoxy) is 2. The Kier molecular flexibility index (Phi) is 7.41. The molecule has 0 aliphatic rings. The fourth-order valence-corrected chi connectivity index (χ4v) is 3.79. The van der Waals surface area contributed by atoms with Crippen LogP contribution in [0.4, 0.5) is 0 Å². The summed E-state index contributed by atoms with van der Waals surface area (Å²) in [5.41, 5.74) is 3.27. The van der Waals surface area contributed by atoms with Gasteiger partial charge in [-0.15, -0.1) is 0 Å². The van der Waals surface area contributed by atoms with Crippen LogP contribution in [0.15, 0.2) is 60.0 Å². The molecule has 3 aromatic rings. The van der Waals surface area contributed by atoms with E-state index in [0.29, 0.717) is 24.0 Å². The van der Waals surface area contributed by atoms with Gasteiger partial charge in [0.1, 0.15) is 0 Å². The highest BCUT2D eigenvalue weighted by atomic mass is 32.2. The van der Waals surface area contributed by atoms with E-state index in [-0.39, 0.29) is 11.7 Å². The summed E-state index contributed by atoms with van der Waals surface area (Å²) < 4.78 is 12.5. The second-order valence-corrected chi connectivity index (χ2v) is 8.02. The molecule has 7 heteroatoms. The summed E-state index contributed by atoms with van der Waals surface area (Å²) in [6, 6.07) is 14.0. The number of hydrogen-bond donors (Lipinski definition) is 1. The third kappa shape index (κ3) is 5.36. The van der Waals surface area contributed by atoms with Gasteiger partial charge in [0.05, 0.1) is 20.0 Å². The Morgan fingerprint density at radius 3 is 2.50 bits per heavy atom. The molecule has 1 N–H and O–H groups in total. The summed E-state index contributed by atoms with van der Waals surface area (Å²) in [6.45, 7) is 4.77. The maximum absolute atomic E-state index is 12.3. The van der Waals surface area contributed by atoms with Crippen LogP contribution in [0.2, 0.25) is 0 Å². The minimum atomic E-state index is -0.0560. The third-order valence-corrected chi connectivity index (χ3v) is 5.68. The molecule has 0 atom stereocenters. The van der Waals surface area contributed by atoms with Gasteiger partial charge in [-0.2, -0.15) is 0 Å². The molecule has 0 unspecified atom stereocenters. The molecule has 6 nitrogen and oxygen atoms in total. The highest BCUT2D eigenvalue weighted by Gasteiger charge is 2.10. The molecule has 0 saturated carbocycles. The van der Waals surface area contributed by atoms with Crippen LogP contribution in [0.25, 0.3) is 5.69 Å². The van der Waals surface area contributed by atoms with Gasteiger partial charge in [-0.25, -0.2) is 4.98 Å². The highest BCUT2D eigenvalue weighted by molar-refractivity contribution is 7.99. The van der Waals surface area contributed by atoms with Gasteiger partial charge in [0.15, 0.2) is 16.7 Å². The number of amides is 1. The van der Waals surface area contributed by atoms with Gasteiger partial charge in [-0.05, 0) is 41.3 Å². The van der Waals surface area contributed by atoms with Crippen LogP contribution in [0.1, 0.15) is 30.9 Å². The molecule has 1 aromatic heterocycles. The number of thioether (sulfide) groups is 1. The van der Waals surface area contributed by atoms with E-state index in [4.69, 9.17) is 9.47 Å². The van der Waals surface area contributed by atoms with Crippen molar-refractivity contribution in [2.45, 2.75) is 31.5 Å². The van der Waals surface area contributed by atoms with Crippen molar-refractivity contribution in [2.24, 2.45) is 0 Å². The molecule has 0 bridgehead atoms. The van der Waals surface area contributed by atoms with Crippen LogP contribution in [0, 0.1) is 0 Å². The first kappa shape index (κ1) is 21.8. The number of imidazole rings is 1. The fraction of sp³-hybridized carbons (Fsp3) is 0.304. The van der Waals surface area contributed by atoms with Gasteiger partial charge in [0, 0.05) is 24.6 Å². The monoisotopic (exact) mass is 425 g/mol. The number of benzene rings is 2. The molecule has 0 spiro atoms. The van der Waals surface area contributed by atoms with E-state index in [2.05, 4.69) is 48.4 Å². The maximum atomic E-state index is 12.3. The van der Waals surface area contributed by atoms with Gasteiger partial charge < -0.3 is 14.8 Å². The molecule has 30 heavy (non-hydrogen) atoms. The van der Waals surface area contributed by atoms with Crippen molar-refractivity contribution >= 4 is 17.7 Å². The zero-order valence-corrected chi connectivity index (χ0v) is 18.5. The summed E-state index contributed by atoms with van der Waals surface area (Å²) in [6.07, 6.45) is 3.66. The highest BCUT2D eigenvalue weighted by Crippen LogP contribution is 2.27. The number of carbonyl (C=O) groups is 1. The zero-order valence-electron chi connectivity index (χ0n) is 17.7. The molecule has 0 fully saturated rings. The van der Waals surface area contributed by atoms with Crippen LogP contribution in [0.5, 0.6) is 11.5 Å². The first-order valence-electron chi connectivity index (χ1n) is 9.76. The second kappa shape index (κ2) is 10.2. The first-order chi connectivity index (χ1) is 14.5. The molecule has 0 aliphatic carbocycles. The SMILES string of the molecule is COc1ccc(CNC(=O)CSc2nccn2-c2ccc(C(C)C)cc2)cc1OC. The van der Waals surface area contributed by atoms with Crippen LogP contribution in [0.3, 0.4) is 0 Å². The number of methoxy groups -OCH3 is 2. The Hall–Kier alpha value is -2.93. The number of rotatable bonds is 9. The average molecular weight is 426 g/mol. The Bertz CT molecular complexity index is 984. The third-order valence-electron chi connectivity index (χ3n) is 4.71. The lowest BCUT2D eigenvalue weighted by Crippen LogP contribution is -2.24. The van der Waals surface area contributed by atoms with Gasteiger partial charge in [-0.1, -0.05) is 43.8 Å². The Labute approximate surface area is 181 Å². The molecule has 0 saturated heterocycles. The Balaban J connectivity index is 1.56. The predicted molar refractivity (Wildman–Crippen MR) is 120 cm³/mol. The molecular formula is C23H27N3O3S. The molecular weight excluding hydrogens is 398 g/mol. The minimum Gasteiger partial charge on any atom is -0.493 e. The lowest BCUT2D eigenvalue weighted by Gasteiger charge is -2.11. The lowest BCUT2D eigenvalue weighted by molar-refractivity contribution is -0.118. The zero-order chi connectivity index (χ0) is 21.5. The summed E-state index contributed by atoms with van der Waals surface area (Å²) in [4.78, 5) is 16.7. The molecule has 3 rings (SSSR count). The van der Waals surface area contributed by atoms with Crippen molar-refractivity contribution in [1.82, 2.24) is 14.9 Å². The van der Waals surface area contributed by atoms with Gasteiger partial charge >= 0.3 is 0 Å². The van der Waals surface area contributed by atoms with Crippen molar-refractivity contribution in [3.63, 3.8) is 0 Å². The van der Waals surface area contributed by atoms with Crippen molar-refractivity contribution in [1.29, 1.82) is 0 Å². The molecule has 0 aliphatic heterocycles. The summed E-state index contributed by atoms with van der Waals surface area (Å²) >= 11 is 1.41. The largest absolute Gasteiger partial charge is 0.493 e. The number of carbonyl (C=O) groups excluding carboxylic acids is 1. The number of aromatic nitrogens is 2. The normalized spacial score (nSPS) is 10.8. The summed E-state index contributed by atoms with van der Waals surface area (Å²) in [5, 5.41) is 3.72. The van der Waals surface area contributed by atoms with E-state index < -0.39 is 0 Å². The Morgan fingerprint density at radius 1 is 1.10 bits per heavy atom. The topological polar surface area (TPSA) is 65.4 Å². The predicted octanol–water partition coefficient (Wildman–Crippen LogP) is 4.42. The summed E-state index contributed by atoms with van der Waals surface area (Å²) in [7, 11) is 3.19. The van der Waals surface area contributed by atoms with Gasteiger partial charge in [-0.3, -0.25) is 9.36 Å². The van der Waals surface area contributed by atoms with Crippen LogP contribution >= 0.6 is 11.8 Å². The summed E-state index contributed by atoms with van der Waals surface area (Å²) in [5.74, 6) is 2.03. The first-order valence-corrected chi connectivity index (χ1v) is 10.7. The van der Waals surface area contributed by atoms with Crippen LogP contribution in [-0.2, 0) is 11.3 Å². The fourth-order valence-electron chi connectivity index (χ4n) is 2.99. The number of nitrogens with one attached hydrogen (secondary N) is 1. The quantitative estimate of drug-likeness (QED) is 0.514. The maximum Gasteiger partial charge on any atom is 0.230 e. The van der Waals surface area contributed by atoms with Crippen molar-refractivity contribution in [2.75, 3.05) is 20.0 Å². The van der Waals surface area contributed by atoms with Gasteiger partial charge in [0.2, 0.25) is 5.91 Å². The van der Waals surface area contributed by atoms with Crippen LogP contribution in [-0.4, -0.2) is 35.4 Å².